The van der Waals surface area contributed by atoms with Gasteiger partial charge in [0.1, 0.15) is 11.5 Å². The molecule has 0 saturated carbocycles. The van der Waals surface area contributed by atoms with E-state index < -0.39 is 0 Å². The maximum Gasteiger partial charge on any atom is 0.273 e. The Hall–Kier alpha value is -2.21. The van der Waals surface area contributed by atoms with E-state index in [1.807, 2.05) is 25.1 Å². The first kappa shape index (κ1) is 13.8. The van der Waals surface area contributed by atoms with Crippen LogP contribution in [0.1, 0.15) is 35.9 Å². The van der Waals surface area contributed by atoms with Crippen LogP contribution < -0.4 is 0 Å². The molecule has 3 rings (SSSR count). The molecule has 1 aliphatic rings. The zero-order valence-corrected chi connectivity index (χ0v) is 11.9. The normalized spacial score (nSPS) is 19.0. The molecule has 21 heavy (non-hydrogen) atoms. The lowest BCUT2D eigenvalue weighted by Gasteiger charge is -2.22. The summed E-state index contributed by atoms with van der Waals surface area (Å²) in [6, 6.07) is 9.05. The number of aryl methyl sites for hydroxylation is 1. The van der Waals surface area contributed by atoms with E-state index in [9.17, 15) is 10.1 Å². The van der Waals surface area contributed by atoms with E-state index in [1.54, 1.807) is 12.1 Å². The predicted octanol–water partition coefficient (Wildman–Crippen LogP) is 3.23. The molecule has 6 heteroatoms. The minimum atomic E-state index is -0.319. The van der Waals surface area contributed by atoms with Gasteiger partial charge in [-0.05, 0) is 26.3 Å². The Balaban J connectivity index is 1.82. The standard InChI is InChI=1S/C15H17N3O3/c1-11-9-13(16-21-11)15-7-4-8-17(15)10-12-5-2-3-6-14(12)18(19)20/h2-3,5-6,9,15H,4,7-8,10H2,1H3. The number of likely N-dealkylation sites (tertiary alicyclic amines) is 1. The molecule has 2 heterocycles. The lowest BCUT2D eigenvalue weighted by atomic mass is 10.1. The van der Waals surface area contributed by atoms with Crippen molar-refractivity contribution in [2.24, 2.45) is 0 Å². The number of hydrogen-bond donors (Lipinski definition) is 0. The summed E-state index contributed by atoms with van der Waals surface area (Å²) in [5.41, 5.74) is 1.85. The van der Waals surface area contributed by atoms with Crippen LogP contribution in [0, 0.1) is 17.0 Å². The number of nitro benzene ring substituents is 1. The second-order valence-electron chi connectivity index (χ2n) is 5.38. The average molecular weight is 287 g/mol. The molecule has 0 aliphatic carbocycles. The van der Waals surface area contributed by atoms with Crippen LogP contribution in [0.5, 0.6) is 0 Å². The van der Waals surface area contributed by atoms with Crippen molar-refractivity contribution in [1.29, 1.82) is 0 Å². The maximum absolute atomic E-state index is 11.1. The molecule has 1 unspecified atom stereocenters. The molecular weight excluding hydrogens is 270 g/mol. The zero-order chi connectivity index (χ0) is 14.8. The number of rotatable bonds is 4. The molecule has 0 radical (unpaired) electrons. The van der Waals surface area contributed by atoms with Crippen molar-refractivity contribution < 1.29 is 9.45 Å². The number of aromatic nitrogens is 1. The van der Waals surface area contributed by atoms with Crippen LogP contribution >= 0.6 is 0 Å². The summed E-state index contributed by atoms with van der Waals surface area (Å²) in [6.07, 6.45) is 2.07. The van der Waals surface area contributed by atoms with Gasteiger partial charge in [0.05, 0.1) is 11.0 Å². The smallest absolute Gasteiger partial charge is 0.273 e. The largest absolute Gasteiger partial charge is 0.361 e. The third-order valence-corrected chi connectivity index (χ3v) is 3.91. The van der Waals surface area contributed by atoms with Crippen LogP contribution in [0.25, 0.3) is 0 Å². The van der Waals surface area contributed by atoms with Crippen molar-refractivity contribution >= 4 is 5.69 Å². The van der Waals surface area contributed by atoms with Crippen molar-refractivity contribution in [2.75, 3.05) is 6.54 Å². The van der Waals surface area contributed by atoms with Gasteiger partial charge in [-0.15, -0.1) is 0 Å². The Kier molecular flexibility index (Phi) is 3.70. The summed E-state index contributed by atoms with van der Waals surface area (Å²) < 4.78 is 5.15. The van der Waals surface area contributed by atoms with Crippen molar-refractivity contribution in [3.8, 4) is 0 Å². The van der Waals surface area contributed by atoms with E-state index in [-0.39, 0.29) is 16.7 Å². The quantitative estimate of drug-likeness (QED) is 0.637. The SMILES string of the molecule is Cc1cc(C2CCCN2Cc2ccccc2[N+](=O)[O-])no1. The molecule has 1 fully saturated rings. The summed E-state index contributed by atoms with van der Waals surface area (Å²) >= 11 is 0. The van der Waals surface area contributed by atoms with Crippen LogP contribution in [0.3, 0.4) is 0 Å². The number of benzene rings is 1. The zero-order valence-electron chi connectivity index (χ0n) is 11.9. The van der Waals surface area contributed by atoms with Crippen LogP contribution in [0.4, 0.5) is 5.69 Å². The van der Waals surface area contributed by atoms with E-state index in [4.69, 9.17) is 4.52 Å². The Morgan fingerprint density at radius 2 is 2.29 bits per heavy atom. The fourth-order valence-corrected chi connectivity index (χ4v) is 2.93. The summed E-state index contributed by atoms with van der Waals surface area (Å²) in [7, 11) is 0. The molecule has 110 valence electrons. The van der Waals surface area contributed by atoms with Gasteiger partial charge in [0, 0.05) is 24.2 Å². The highest BCUT2D eigenvalue weighted by Gasteiger charge is 2.29. The first-order chi connectivity index (χ1) is 10.1. The van der Waals surface area contributed by atoms with Gasteiger partial charge in [0.25, 0.3) is 5.69 Å². The third-order valence-electron chi connectivity index (χ3n) is 3.91. The van der Waals surface area contributed by atoms with E-state index in [0.29, 0.717) is 6.54 Å². The van der Waals surface area contributed by atoms with Gasteiger partial charge in [-0.3, -0.25) is 15.0 Å². The fourth-order valence-electron chi connectivity index (χ4n) is 2.93. The van der Waals surface area contributed by atoms with Crippen molar-refractivity contribution in [2.45, 2.75) is 32.4 Å². The van der Waals surface area contributed by atoms with Crippen LogP contribution in [0.15, 0.2) is 34.9 Å². The number of para-hydroxylation sites is 1. The fraction of sp³-hybridized carbons (Fsp3) is 0.400. The topological polar surface area (TPSA) is 72.4 Å². The molecule has 6 nitrogen and oxygen atoms in total. The monoisotopic (exact) mass is 287 g/mol. The molecule has 1 aromatic carbocycles. The highest BCUT2D eigenvalue weighted by Crippen LogP contribution is 2.34. The van der Waals surface area contributed by atoms with Gasteiger partial charge in [-0.1, -0.05) is 23.4 Å². The van der Waals surface area contributed by atoms with Crippen molar-refractivity contribution in [1.82, 2.24) is 10.1 Å². The molecule has 0 bridgehead atoms. The molecule has 1 saturated heterocycles. The maximum atomic E-state index is 11.1. The molecule has 2 aromatic rings. The lowest BCUT2D eigenvalue weighted by Crippen LogP contribution is -2.23. The molecule has 1 aliphatic heterocycles. The second-order valence-corrected chi connectivity index (χ2v) is 5.38. The van der Waals surface area contributed by atoms with Gasteiger partial charge in [-0.25, -0.2) is 0 Å². The molecule has 0 spiro atoms. The van der Waals surface area contributed by atoms with Gasteiger partial charge in [-0.2, -0.15) is 0 Å². The van der Waals surface area contributed by atoms with Crippen LogP contribution in [-0.4, -0.2) is 21.5 Å². The minimum Gasteiger partial charge on any atom is -0.361 e. The van der Waals surface area contributed by atoms with E-state index in [0.717, 1.165) is 36.4 Å². The molecule has 0 N–H and O–H groups in total. The van der Waals surface area contributed by atoms with Crippen molar-refractivity contribution in [3.05, 3.63) is 57.5 Å². The van der Waals surface area contributed by atoms with Crippen LogP contribution in [-0.2, 0) is 6.54 Å². The summed E-state index contributed by atoms with van der Waals surface area (Å²) in [4.78, 5) is 13.0. The number of nitro groups is 1. The van der Waals surface area contributed by atoms with E-state index >= 15 is 0 Å². The van der Waals surface area contributed by atoms with Gasteiger partial charge in [0.15, 0.2) is 0 Å². The highest BCUT2D eigenvalue weighted by atomic mass is 16.6. The number of hydrogen-bond acceptors (Lipinski definition) is 5. The first-order valence-corrected chi connectivity index (χ1v) is 7.04. The molecule has 1 atom stereocenters. The van der Waals surface area contributed by atoms with Crippen LogP contribution in [0.2, 0.25) is 0 Å². The highest BCUT2D eigenvalue weighted by molar-refractivity contribution is 5.39. The van der Waals surface area contributed by atoms with Gasteiger partial charge in [0.2, 0.25) is 0 Å². The minimum absolute atomic E-state index is 0.180. The summed E-state index contributed by atoms with van der Waals surface area (Å²) in [5.74, 6) is 0.794. The summed E-state index contributed by atoms with van der Waals surface area (Å²) in [5, 5.41) is 15.2. The Bertz CT molecular complexity index is 653. The number of nitrogens with zero attached hydrogens (tertiary/aromatic N) is 3. The second kappa shape index (κ2) is 5.65. The van der Waals surface area contributed by atoms with E-state index in [2.05, 4.69) is 10.1 Å². The molecule has 1 aromatic heterocycles. The molecule has 0 amide bonds. The van der Waals surface area contributed by atoms with Gasteiger partial charge >= 0.3 is 0 Å². The Morgan fingerprint density at radius 3 is 3.00 bits per heavy atom. The Morgan fingerprint density at radius 1 is 1.48 bits per heavy atom. The Labute approximate surface area is 122 Å². The lowest BCUT2D eigenvalue weighted by molar-refractivity contribution is -0.385. The third kappa shape index (κ3) is 2.80. The first-order valence-electron chi connectivity index (χ1n) is 7.04. The van der Waals surface area contributed by atoms with E-state index in [1.165, 1.54) is 0 Å². The molecular formula is C15H17N3O3. The predicted molar refractivity (Wildman–Crippen MR) is 76.7 cm³/mol. The average Bonchev–Trinajstić information content (AvgIpc) is 3.08. The summed E-state index contributed by atoms with van der Waals surface area (Å²) in [6.45, 7) is 3.36. The van der Waals surface area contributed by atoms with Crippen molar-refractivity contribution in [3.63, 3.8) is 0 Å². The van der Waals surface area contributed by atoms with Gasteiger partial charge < -0.3 is 4.52 Å².